The van der Waals surface area contributed by atoms with E-state index in [0.29, 0.717) is 19.7 Å². The number of methoxy groups -OCH3 is 1. The Labute approximate surface area is 120 Å². The third-order valence-corrected chi connectivity index (χ3v) is 3.11. The molecule has 1 aromatic heterocycles. The lowest BCUT2D eigenvalue weighted by Gasteiger charge is -2.11. The van der Waals surface area contributed by atoms with Crippen molar-refractivity contribution in [2.24, 2.45) is 4.99 Å². The van der Waals surface area contributed by atoms with Gasteiger partial charge in [-0.1, -0.05) is 6.08 Å². The van der Waals surface area contributed by atoms with Crippen LogP contribution in [0.4, 0.5) is 0 Å². The summed E-state index contributed by atoms with van der Waals surface area (Å²) < 4.78 is 7.08. The van der Waals surface area contributed by atoms with Gasteiger partial charge in [0.25, 0.3) is 0 Å². The van der Waals surface area contributed by atoms with Gasteiger partial charge in [0.15, 0.2) is 5.96 Å². The van der Waals surface area contributed by atoms with Crippen molar-refractivity contribution in [2.75, 3.05) is 27.3 Å². The number of aliphatic imine (C=N–C) groups is 1. The molecular weight excluding hydrogens is 254 g/mol. The van der Waals surface area contributed by atoms with Crippen LogP contribution in [-0.2, 0) is 17.8 Å². The highest BCUT2D eigenvalue weighted by molar-refractivity contribution is 5.79. The molecule has 0 aromatic carbocycles. The number of aromatic nitrogens is 2. The van der Waals surface area contributed by atoms with E-state index in [1.807, 2.05) is 11.6 Å². The van der Waals surface area contributed by atoms with E-state index in [1.165, 1.54) is 5.56 Å². The predicted octanol–water partition coefficient (Wildman–Crippen LogP) is 0.997. The molecular formula is C14H25N5O. The lowest BCUT2D eigenvalue weighted by atomic mass is 10.2. The molecule has 0 saturated carbocycles. The van der Waals surface area contributed by atoms with Crippen LogP contribution < -0.4 is 10.6 Å². The average molecular weight is 279 g/mol. The van der Waals surface area contributed by atoms with E-state index >= 15 is 0 Å². The zero-order chi connectivity index (χ0) is 15.0. The van der Waals surface area contributed by atoms with E-state index in [0.717, 1.165) is 23.9 Å². The summed E-state index contributed by atoms with van der Waals surface area (Å²) in [5.74, 6) is 0.758. The number of guanidine groups is 1. The Kier molecular flexibility index (Phi) is 6.79. The monoisotopic (exact) mass is 279 g/mol. The number of hydrogen-bond acceptors (Lipinski definition) is 3. The standard InChI is InChI=1S/C14H25N5O/c1-6-7-16-14(15-4)17-10-13-11(2)18-19(12(13)3)8-9-20-5/h6H,1,7-10H2,2-5H3,(H2,15,16,17). The largest absolute Gasteiger partial charge is 0.383 e. The van der Waals surface area contributed by atoms with Gasteiger partial charge >= 0.3 is 0 Å². The van der Waals surface area contributed by atoms with Crippen molar-refractivity contribution in [3.05, 3.63) is 29.6 Å². The first kappa shape index (κ1) is 16.2. The van der Waals surface area contributed by atoms with Crippen LogP contribution in [0.1, 0.15) is 17.0 Å². The van der Waals surface area contributed by atoms with Crippen LogP contribution >= 0.6 is 0 Å². The van der Waals surface area contributed by atoms with Crippen LogP contribution in [-0.4, -0.2) is 43.0 Å². The first-order chi connectivity index (χ1) is 9.63. The minimum atomic E-state index is 0.664. The molecule has 2 N–H and O–H groups in total. The van der Waals surface area contributed by atoms with E-state index in [1.54, 1.807) is 20.2 Å². The maximum atomic E-state index is 5.09. The van der Waals surface area contributed by atoms with Gasteiger partial charge in [-0.25, -0.2) is 0 Å². The number of aryl methyl sites for hydroxylation is 1. The molecule has 20 heavy (non-hydrogen) atoms. The van der Waals surface area contributed by atoms with Crippen LogP contribution in [0.25, 0.3) is 0 Å². The highest BCUT2D eigenvalue weighted by atomic mass is 16.5. The Hall–Kier alpha value is -1.82. The second-order valence-electron chi connectivity index (χ2n) is 4.46. The fourth-order valence-electron chi connectivity index (χ4n) is 1.95. The summed E-state index contributed by atoms with van der Waals surface area (Å²) in [5, 5.41) is 11.0. The number of ether oxygens (including phenoxy) is 1. The van der Waals surface area contributed by atoms with Crippen LogP contribution in [0.3, 0.4) is 0 Å². The second-order valence-corrected chi connectivity index (χ2v) is 4.46. The first-order valence-corrected chi connectivity index (χ1v) is 6.71. The van der Waals surface area contributed by atoms with Gasteiger partial charge < -0.3 is 15.4 Å². The van der Waals surface area contributed by atoms with E-state index in [4.69, 9.17) is 4.74 Å². The van der Waals surface area contributed by atoms with Crippen molar-refractivity contribution in [2.45, 2.75) is 26.9 Å². The predicted molar refractivity (Wildman–Crippen MR) is 82.0 cm³/mol. The van der Waals surface area contributed by atoms with Crippen molar-refractivity contribution >= 4 is 5.96 Å². The highest BCUT2D eigenvalue weighted by Crippen LogP contribution is 2.12. The van der Waals surface area contributed by atoms with Gasteiger partial charge in [-0.2, -0.15) is 5.10 Å². The Balaban J connectivity index is 2.67. The van der Waals surface area contributed by atoms with Crippen molar-refractivity contribution in [1.82, 2.24) is 20.4 Å². The Morgan fingerprint density at radius 1 is 1.45 bits per heavy atom. The van der Waals surface area contributed by atoms with Gasteiger partial charge in [-0.05, 0) is 13.8 Å². The van der Waals surface area contributed by atoms with Gasteiger partial charge in [-0.3, -0.25) is 9.67 Å². The summed E-state index contributed by atoms with van der Waals surface area (Å²) in [6.07, 6.45) is 1.80. The fourth-order valence-corrected chi connectivity index (χ4v) is 1.95. The Morgan fingerprint density at radius 2 is 2.20 bits per heavy atom. The summed E-state index contributed by atoms with van der Waals surface area (Å²) in [5.41, 5.74) is 3.39. The van der Waals surface area contributed by atoms with Gasteiger partial charge in [0.2, 0.25) is 0 Å². The Morgan fingerprint density at radius 3 is 2.80 bits per heavy atom. The molecule has 0 aliphatic carbocycles. The molecule has 0 saturated heterocycles. The van der Waals surface area contributed by atoms with Crippen molar-refractivity contribution in [3.8, 4) is 0 Å². The summed E-state index contributed by atoms with van der Waals surface area (Å²) in [4.78, 5) is 4.16. The lowest BCUT2D eigenvalue weighted by molar-refractivity contribution is 0.182. The average Bonchev–Trinajstić information content (AvgIpc) is 2.72. The maximum absolute atomic E-state index is 5.09. The molecule has 1 heterocycles. The highest BCUT2D eigenvalue weighted by Gasteiger charge is 2.11. The first-order valence-electron chi connectivity index (χ1n) is 6.71. The van der Waals surface area contributed by atoms with E-state index in [9.17, 15) is 0 Å². The van der Waals surface area contributed by atoms with Crippen LogP contribution in [0.2, 0.25) is 0 Å². The van der Waals surface area contributed by atoms with Gasteiger partial charge in [0.05, 0.1) is 18.8 Å². The van der Waals surface area contributed by atoms with Crippen molar-refractivity contribution < 1.29 is 4.74 Å². The van der Waals surface area contributed by atoms with Crippen LogP contribution in [0, 0.1) is 13.8 Å². The SMILES string of the molecule is C=CCNC(=NC)NCc1c(C)nn(CCOC)c1C. The zero-order valence-electron chi connectivity index (χ0n) is 12.9. The molecule has 0 aliphatic rings. The summed E-state index contributed by atoms with van der Waals surface area (Å²) in [6.45, 7) is 10.6. The number of hydrogen-bond donors (Lipinski definition) is 2. The van der Waals surface area contributed by atoms with Gasteiger partial charge in [0.1, 0.15) is 0 Å². The molecule has 0 spiro atoms. The number of rotatable bonds is 7. The van der Waals surface area contributed by atoms with Crippen molar-refractivity contribution in [3.63, 3.8) is 0 Å². The molecule has 0 radical (unpaired) electrons. The normalized spacial score (nSPS) is 11.5. The third-order valence-electron chi connectivity index (χ3n) is 3.11. The van der Waals surface area contributed by atoms with Gasteiger partial charge in [0, 0.05) is 38.5 Å². The molecule has 0 atom stereocenters. The van der Waals surface area contributed by atoms with E-state index in [-0.39, 0.29) is 0 Å². The minimum absolute atomic E-state index is 0.664. The van der Waals surface area contributed by atoms with Crippen molar-refractivity contribution in [1.29, 1.82) is 0 Å². The van der Waals surface area contributed by atoms with E-state index < -0.39 is 0 Å². The number of nitrogens with zero attached hydrogens (tertiary/aromatic N) is 3. The molecule has 0 bridgehead atoms. The molecule has 0 amide bonds. The molecule has 1 aromatic rings. The third kappa shape index (κ3) is 4.38. The Bertz CT molecular complexity index is 464. The summed E-state index contributed by atoms with van der Waals surface area (Å²) in [6, 6.07) is 0. The quantitative estimate of drug-likeness (QED) is 0.444. The minimum Gasteiger partial charge on any atom is -0.383 e. The van der Waals surface area contributed by atoms with Crippen LogP contribution in [0.5, 0.6) is 0 Å². The molecule has 0 fully saturated rings. The smallest absolute Gasteiger partial charge is 0.191 e. The fraction of sp³-hybridized carbons (Fsp3) is 0.571. The lowest BCUT2D eigenvalue weighted by Crippen LogP contribution is -2.37. The van der Waals surface area contributed by atoms with E-state index in [2.05, 4.69) is 34.2 Å². The molecule has 1 rings (SSSR count). The maximum Gasteiger partial charge on any atom is 0.191 e. The molecule has 0 unspecified atom stereocenters. The van der Waals surface area contributed by atoms with Crippen LogP contribution in [0.15, 0.2) is 17.6 Å². The zero-order valence-corrected chi connectivity index (χ0v) is 12.9. The number of nitrogens with one attached hydrogen (secondary N) is 2. The summed E-state index contributed by atoms with van der Waals surface area (Å²) >= 11 is 0. The molecule has 6 heteroatoms. The second kappa shape index (κ2) is 8.37. The van der Waals surface area contributed by atoms with Gasteiger partial charge in [-0.15, -0.1) is 6.58 Å². The molecule has 0 aliphatic heterocycles. The molecule has 112 valence electrons. The topological polar surface area (TPSA) is 63.5 Å². The summed E-state index contributed by atoms with van der Waals surface area (Å²) in [7, 11) is 3.45. The molecule has 6 nitrogen and oxygen atoms in total.